The van der Waals surface area contributed by atoms with Crippen LogP contribution in [-0.4, -0.2) is 4.98 Å². The third kappa shape index (κ3) is 2.72. The first-order valence-electron chi connectivity index (χ1n) is 5.96. The van der Waals surface area contributed by atoms with Crippen LogP contribution in [0.25, 0.3) is 0 Å². The molecule has 0 radical (unpaired) electrons. The molecule has 0 aliphatic rings. The summed E-state index contributed by atoms with van der Waals surface area (Å²) in [6.45, 7) is 5.04. The lowest BCUT2D eigenvalue weighted by molar-refractivity contribution is 0.381. The van der Waals surface area contributed by atoms with Gasteiger partial charge in [0.05, 0.1) is 16.7 Å². The van der Waals surface area contributed by atoms with Crippen LogP contribution in [0.15, 0.2) is 0 Å². The van der Waals surface area contributed by atoms with Crippen LogP contribution in [0.1, 0.15) is 28.5 Å². The molecule has 0 saturated carbocycles. The monoisotopic (exact) mass is 322 g/mol. The molecular weight excluding hydrogens is 311 g/mol. The van der Waals surface area contributed by atoms with Gasteiger partial charge >= 0.3 is 0 Å². The van der Waals surface area contributed by atoms with E-state index in [1.165, 1.54) is 18.3 Å². The summed E-state index contributed by atoms with van der Waals surface area (Å²) < 4.78 is 66.4. The number of anilines is 1. The zero-order valence-corrected chi connectivity index (χ0v) is 12.1. The highest BCUT2D eigenvalue weighted by atomic mass is 32.1. The third-order valence-electron chi connectivity index (χ3n) is 2.92. The van der Waals surface area contributed by atoms with Crippen LogP contribution in [0.4, 0.5) is 27.6 Å². The van der Waals surface area contributed by atoms with E-state index in [0.29, 0.717) is 5.69 Å². The summed E-state index contributed by atoms with van der Waals surface area (Å²) in [4.78, 5) is 4.98. The number of aryl methyl sites for hydroxylation is 2. The van der Waals surface area contributed by atoms with Crippen LogP contribution >= 0.6 is 11.3 Å². The van der Waals surface area contributed by atoms with Crippen molar-refractivity contribution in [2.45, 2.75) is 26.8 Å². The largest absolute Gasteiger partial charge is 0.372 e. The molecule has 1 aromatic carbocycles. The summed E-state index contributed by atoms with van der Waals surface area (Å²) in [6, 6.07) is -0.705. The van der Waals surface area contributed by atoms with Gasteiger partial charge in [0.2, 0.25) is 5.82 Å². The Hall–Kier alpha value is -1.70. The molecule has 0 spiro atoms. The van der Waals surface area contributed by atoms with Crippen molar-refractivity contribution in [2.24, 2.45) is 0 Å². The zero-order chi connectivity index (χ0) is 15.9. The first kappa shape index (κ1) is 15.7. The van der Waals surface area contributed by atoms with Crippen molar-refractivity contribution in [2.75, 3.05) is 5.32 Å². The maximum Gasteiger partial charge on any atom is 0.200 e. The molecule has 0 bridgehead atoms. The lowest BCUT2D eigenvalue weighted by atomic mass is 10.2. The summed E-state index contributed by atoms with van der Waals surface area (Å²) >= 11 is 1.38. The summed E-state index contributed by atoms with van der Waals surface area (Å²) in [5, 5.41) is 3.05. The SMILES string of the molecule is Cc1nc(C(C)Nc2c(F)c(F)c(F)c(F)c2F)c(C)s1. The Labute approximate surface area is 121 Å². The third-order valence-corrected chi connectivity index (χ3v) is 3.82. The van der Waals surface area contributed by atoms with Gasteiger partial charge < -0.3 is 5.32 Å². The fourth-order valence-corrected chi connectivity index (χ4v) is 2.88. The maximum atomic E-state index is 13.6. The molecule has 114 valence electrons. The van der Waals surface area contributed by atoms with E-state index < -0.39 is 40.8 Å². The van der Waals surface area contributed by atoms with E-state index in [9.17, 15) is 22.0 Å². The van der Waals surface area contributed by atoms with Crippen molar-refractivity contribution < 1.29 is 22.0 Å². The summed E-state index contributed by atoms with van der Waals surface area (Å²) in [6.07, 6.45) is 0. The average Bonchev–Trinajstić information content (AvgIpc) is 2.78. The Morgan fingerprint density at radius 2 is 1.38 bits per heavy atom. The van der Waals surface area contributed by atoms with E-state index in [1.807, 2.05) is 0 Å². The molecule has 2 rings (SSSR count). The molecule has 1 atom stereocenters. The fraction of sp³-hybridized carbons (Fsp3) is 0.308. The van der Waals surface area contributed by atoms with Gasteiger partial charge in [0.1, 0.15) is 5.69 Å². The molecule has 1 heterocycles. The van der Waals surface area contributed by atoms with Gasteiger partial charge in [-0.25, -0.2) is 26.9 Å². The van der Waals surface area contributed by atoms with Crippen LogP contribution in [0.5, 0.6) is 0 Å². The lowest BCUT2D eigenvalue weighted by Crippen LogP contribution is -2.14. The summed E-state index contributed by atoms with van der Waals surface area (Å²) in [5.74, 6) is -9.90. The second-order valence-corrected chi connectivity index (χ2v) is 5.89. The molecule has 21 heavy (non-hydrogen) atoms. The van der Waals surface area contributed by atoms with Crippen LogP contribution < -0.4 is 5.32 Å². The van der Waals surface area contributed by atoms with Crippen molar-refractivity contribution in [3.8, 4) is 0 Å². The van der Waals surface area contributed by atoms with Crippen molar-refractivity contribution in [1.29, 1.82) is 0 Å². The molecule has 0 amide bonds. The van der Waals surface area contributed by atoms with Gasteiger partial charge in [0.25, 0.3) is 0 Å². The molecule has 8 heteroatoms. The van der Waals surface area contributed by atoms with E-state index in [2.05, 4.69) is 10.3 Å². The molecule has 2 aromatic rings. The van der Waals surface area contributed by atoms with Gasteiger partial charge in [0, 0.05) is 4.88 Å². The molecule has 1 N–H and O–H groups in total. The van der Waals surface area contributed by atoms with Gasteiger partial charge in [-0.15, -0.1) is 11.3 Å². The van der Waals surface area contributed by atoms with E-state index in [4.69, 9.17) is 0 Å². The number of thiazole rings is 1. The number of hydrogen-bond acceptors (Lipinski definition) is 3. The Morgan fingerprint density at radius 3 is 1.81 bits per heavy atom. The smallest absolute Gasteiger partial charge is 0.200 e. The molecule has 0 aliphatic carbocycles. The van der Waals surface area contributed by atoms with Crippen molar-refractivity contribution in [3.63, 3.8) is 0 Å². The first-order valence-corrected chi connectivity index (χ1v) is 6.77. The predicted octanol–water partition coefficient (Wildman–Crippen LogP) is 4.63. The minimum absolute atomic E-state index is 0.501. The number of nitrogens with zero attached hydrogens (tertiary/aromatic N) is 1. The molecule has 1 unspecified atom stereocenters. The standard InChI is InChI=1S/C13H11F5N2S/c1-4(12-5(2)21-6(3)20-12)19-13-10(17)8(15)7(14)9(16)11(13)18/h4,19H,1-3H3. The molecule has 0 aliphatic heterocycles. The number of halogens is 5. The Bertz CT molecular complexity index is 669. The summed E-state index contributed by atoms with van der Waals surface area (Å²) in [7, 11) is 0. The van der Waals surface area contributed by atoms with Crippen molar-refractivity contribution in [1.82, 2.24) is 4.98 Å². The lowest BCUT2D eigenvalue weighted by Gasteiger charge is -2.16. The normalized spacial score (nSPS) is 12.6. The molecule has 0 saturated heterocycles. The van der Waals surface area contributed by atoms with Gasteiger partial charge in [-0.1, -0.05) is 0 Å². The Kier molecular flexibility index (Phi) is 4.18. The Morgan fingerprint density at radius 1 is 0.905 bits per heavy atom. The van der Waals surface area contributed by atoms with Crippen LogP contribution in [0, 0.1) is 42.9 Å². The molecule has 1 aromatic heterocycles. The van der Waals surface area contributed by atoms with Crippen molar-refractivity contribution >= 4 is 17.0 Å². The van der Waals surface area contributed by atoms with E-state index in [1.54, 1.807) is 13.8 Å². The van der Waals surface area contributed by atoms with Gasteiger partial charge in [-0.3, -0.25) is 0 Å². The molecule has 0 fully saturated rings. The number of benzene rings is 1. The van der Waals surface area contributed by atoms with Gasteiger partial charge in [-0.2, -0.15) is 0 Å². The average molecular weight is 322 g/mol. The van der Waals surface area contributed by atoms with Crippen LogP contribution in [-0.2, 0) is 0 Å². The fourth-order valence-electron chi connectivity index (χ4n) is 1.96. The van der Waals surface area contributed by atoms with Gasteiger partial charge in [-0.05, 0) is 20.8 Å². The topological polar surface area (TPSA) is 24.9 Å². The zero-order valence-electron chi connectivity index (χ0n) is 11.3. The molecule has 2 nitrogen and oxygen atoms in total. The highest BCUT2D eigenvalue weighted by Crippen LogP contribution is 2.31. The number of aromatic nitrogens is 1. The number of hydrogen-bond donors (Lipinski definition) is 1. The second-order valence-electron chi connectivity index (χ2n) is 4.49. The predicted molar refractivity (Wildman–Crippen MR) is 69.9 cm³/mol. The van der Waals surface area contributed by atoms with E-state index in [0.717, 1.165) is 9.88 Å². The quantitative estimate of drug-likeness (QED) is 0.506. The van der Waals surface area contributed by atoms with E-state index >= 15 is 0 Å². The van der Waals surface area contributed by atoms with E-state index in [-0.39, 0.29) is 0 Å². The minimum atomic E-state index is -2.18. The first-order chi connectivity index (χ1) is 9.73. The Balaban J connectivity index is 2.42. The minimum Gasteiger partial charge on any atom is -0.372 e. The molecular formula is C13H11F5N2S. The van der Waals surface area contributed by atoms with Gasteiger partial charge in [0.15, 0.2) is 23.3 Å². The van der Waals surface area contributed by atoms with Crippen LogP contribution in [0.2, 0.25) is 0 Å². The number of rotatable bonds is 3. The maximum absolute atomic E-state index is 13.6. The number of nitrogens with one attached hydrogen (secondary N) is 1. The van der Waals surface area contributed by atoms with Crippen LogP contribution in [0.3, 0.4) is 0 Å². The second kappa shape index (κ2) is 5.59. The van der Waals surface area contributed by atoms with Crippen molar-refractivity contribution in [3.05, 3.63) is 44.7 Å². The summed E-state index contributed by atoms with van der Waals surface area (Å²) in [5.41, 5.74) is -0.551. The highest BCUT2D eigenvalue weighted by molar-refractivity contribution is 7.11. The highest BCUT2D eigenvalue weighted by Gasteiger charge is 2.27.